The molecule has 5 nitrogen and oxygen atoms in total. The molecule has 1 aliphatic carbocycles. The van der Waals surface area contributed by atoms with Gasteiger partial charge in [0.25, 0.3) is 0 Å². The van der Waals surface area contributed by atoms with Crippen LogP contribution in [0.25, 0.3) is 0 Å². The monoisotopic (exact) mass is 181 g/mol. The number of tetrazole rings is 1. The standard InChI is InChI=1S/C8H15N5/c1-3-9-6(2)8-10-11-12-13(8)7-4-5-7/h6-7,9H,3-5H2,1-2H3. The van der Waals surface area contributed by atoms with Gasteiger partial charge in [-0.1, -0.05) is 6.92 Å². The van der Waals surface area contributed by atoms with Crippen molar-refractivity contribution in [1.82, 2.24) is 25.5 Å². The Bertz CT molecular complexity index is 278. The first-order valence-corrected chi connectivity index (χ1v) is 4.84. The van der Waals surface area contributed by atoms with Crippen LogP contribution in [-0.4, -0.2) is 26.8 Å². The highest BCUT2D eigenvalue weighted by molar-refractivity contribution is 4.95. The average molecular weight is 181 g/mol. The van der Waals surface area contributed by atoms with E-state index < -0.39 is 0 Å². The Hall–Kier alpha value is -0.970. The highest BCUT2D eigenvalue weighted by Gasteiger charge is 2.29. The number of rotatable bonds is 4. The van der Waals surface area contributed by atoms with Crippen molar-refractivity contribution in [1.29, 1.82) is 0 Å². The zero-order valence-corrected chi connectivity index (χ0v) is 8.06. The van der Waals surface area contributed by atoms with Gasteiger partial charge in [-0.25, -0.2) is 4.68 Å². The quantitative estimate of drug-likeness (QED) is 0.742. The maximum atomic E-state index is 4.04. The molecule has 2 rings (SSSR count). The summed E-state index contributed by atoms with van der Waals surface area (Å²) < 4.78 is 1.95. The first-order valence-electron chi connectivity index (χ1n) is 4.84. The Labute approximate surface area is 77.5 Å². The molecule has 5 heteroatoms. The van der Waals surface area contributed by atoms with Gasteiger partial charge in [0, 0.05) is 0 Å². The number of nitrogens with zero attached hydrogens (tertiary/aromatic N) is 4. The van der Waals surface area contributed by atoms with Gasteiger partial charge in [0.05, 0.1) is 12.1 Å². The molecule has 1 atom stereocenters. The molecule has 0 saturated heterocycles. The Morgan fingerprint density at radius 1 is 1.62 bits per heavy atom. The first-order chi connectivity index (χ1) is 6.33. The fourth-order valence-electron chi connectivity index (χ4n) is 1.46. The molecule has 1 unspecified atom stereocenters. The molecule has 0 amide bonds. The molecule has 1 aromatic rings. The lowest BCUT2D eigenvalue weighted by molar-refractivity contribution is 0.502. The Morgan fingerprint density at radius 3 is 3.00 bits per heavy atom. The summed E-state index contributed by atoms with van der Waals surface area (Å²) in [6.07, 6.45) is 2.44. The fraction of sp³-hybridized carbons (Fsp3) is 0.875. The molecule has 1 aliphatic rings. The van der Waals surface area contributed by atoms with Crippen molar-refractivity contribution in [3.63, 3.8) is 0 Å². The summed E-state index contributed by atoms with van der Waals surface area (Å²) in [4.78, 5) is 0. The largest absolute Gasteiger partial charge is 0.308 e. The van der Waals surface area contributed by atoms with Crippen molar-refractivity contribution in [2.24, 2.45) is 0 Å². The molecule has 1 heterocycles. The lowest BCUT2D eigenvalue weighted by Gasteiger charge is -2.10. The zero-order valence-electron chi connectivity index (χ0n) is 8.06. The molecule has 0 spiro atoms. The summed E-state index contributed by atoms with van der Waals surface area (Å²) in [5.74, 6) is 0.962. The van der Waals surface area contributed by atoms with E-state index in [1.807, 2.05) is 4.68 Å². The minimum Gasteiger partial charge on any atom is -0.308 e. The van der Waals surface area contributed by atoms with Gasteiger partial charge in [-0.05, 0) is 36.7 Å². The number of nitrogens with one attached hydrogen (secondary N) is 1. The van der Waals surface area contributed by atoms with Crippen LogP contribution in [0.2, 0.25) is 0 Å². The topological polar surface area (TPSA) is 55.6 Å². The van der Waals surface area contributed by atoms with E-state index in [1.54, 1.807) is 0 Å². The molecule has 0 aliphatic heterocycles. The summed E-state index contributed by atoms with van der Waals surface area (Å²) >= 11 is 0. The van der Waals surface area contributed by atoms with Gasteiger partial charge in [-0.3, -0.25) is 0 Å². The Balaban J connectivity index is 2.13. The number of hydrogen-bond acceptors (Lipinski definition) is 4. The molecule has 1 saturated carbocycles. The second-order valence-corrected chi connectivity index (χ2v) is 3.49. The maximum Gasteiger partial charge on any atom is 0.168 e. The number of aromatic nitrogens is 4. The summed E-state index contributed by atoms with van der Waals surface area (Å²) in [7, 11) is 0. The van der Waals surface area contributed by atoms with Gasteiger partial charge in [0.1, 0.15) is 0 Å². The van der Waals surface area contributed by atoms with E-state index in [9.17, 15) is 0 Å². The molecule has 0 radical (unpaired) electrons. The van der Waals surface area contributed by atoms with Gasteiger partial charge in [-0.15, -0.1) is 5.10 Å². The highest BCUT2D eigenvalue weighted by Crippen LogP contribution is 2.35. The van der Waals surface area contributed by atoms with Crippen molar-refractivity contribution in [3.8, 4) is 0 Å². The van der Waals surface area contributed by atoms with Crippen LogP contribution in [0.5, 0.6) is 0 Å². The Kier molecular flexibility index (Phi) is 2.26. The third-order valence-electron chi connectivity index (χ3n) is 2.31. The molecular formula is C8H15N5. The zero-order chi connectivity index (χ0) is 9.26. The van der Waals surface area contributed by atoms with Crippen molar-refractivity contribution in [2.45, 2.75) is 38.8 Å². The first kappa shape index (κ1) is 8.62. The highest BCUT2D eigenvalue weighted by atomic mass is 15.6. The van der Waals surface area contributed by atoms with E-state index in [4.69, 9.17) is 0 Å². The van der Waals surface area contributed by atoms with Crippen LogP contribution in [0.4, 0.5) is 0 Å². The van der Waals surface area contributed by atoms with Crippen molar-refractivity contribution < 1.29 is 0 Å². The lowest BCUT2D eigenvalue weighted by Crippen LogP contribution is -2.21. The second kappa shape index (κ2) is 3.41. The van der Waals surface area contributed by atoms with Gasteiger partial charge in [0.15, 0.2) is 5.82 Å². The van der Waals surface area contributed by atoms with Gasteiger partial charge in [0.2, 0.25) is 0 Å². The summed E-state index contributed by atoms with van der Waals surface area (Å²) in [5, 5.41) is 15.0. The Morgan fingerprint density at radius 2 is 2.38 bits per heavy atom. The third-order valence-corrected chi connectivity index (χ3v) is 2.31. The molecule has 1 aromatic heterocycles. The van der Waals surface area contributed by atoms with Crippen LogP contribution in [0.1, 0.15) is 44.6 Å². The van der Waals surface area contributed by atoms with Crippen molar-refractivity contribution in [2.75, 3.05) is 6.54 Å². The van der Waals surface area contributed by atoms with Crippen LogP contribution in [0.15, 0.2) is 0 Å². The summed E-state index contributed by atoms with van der Waals surface area (Å²) in [5.41, 5.74) is 0. The van der Waals surface area contributed by atoms with E-state index in [1.165, 1.54) is 12.8 Å². The molecule has 0 bridgehead atoms. The maximum absolute atomic E-state index is 4.04. The van der Waals surface area contributed by atoms with E-state index in [-0.39, 0.29) is 6.04 Å². The molecule has 13 heavy (non-hydrogen) atoms. The average Bonchev–Trinajstić information content (AvgIpc) is 2.84. The molecule has 0 aromatic carbocycles. The van der Waals surface area contributed by atoms with Gasteiger partial charge in [-0.2, -0.15) is 0 Å². The van der Waals surface area contributed by atoms with E-state index in [0.29, 0.717) is 6.04 Å². The minimum atomic E-state index is 0.251. The van der Waals surface area contributed by atoms with E-state index in [2.05, 4.69) is 34.7 Å². The van der Waals surface area contributed by atoms with E-state index >= 15 is 0 Å². The molecular weight excluding hydrogens is 166 g/mol. The van der Waals surface area contributed by atoms with Gasteiger partial charge >= 0.3 is 0 Å². The SMILES string of the molecule is CCNC(C)c1nnnn1C1CC1. The van der Waals surface area contributed by atoms with Crippen LogP contribution >= 0.6 is 0 Å². The fourth-order valence-corrected chi connectivity index (χ4v) is 1.46. The second-order valence-electron chi connectivity index (χ2n) is 3.49. The van der Waals surface area contributed by atoms with Gasteiger partial charge < -0.3 is 5.32 Å². The van der Waals surface area contributed by atoms with E-state index in [0.717, 1.165) is 12.4 Å². The normalized spacial score (nSPS) is 18.9. The smallest absolute Gasteiger partial charge is 0.168 e. The van der Waals surface area contributed by atoms with Crippen molar-refractivity contribution in [3.05, 3.63) is 5.82 Å². The predicted molar refractivity (Wildman–Crippen MR) is 48.2 cm³/mol. The predicted octanol–water partition coefficient (Wildman–Crippen LogP) is 0.678. The molecule has 1 fully saturated rings. The molecule has 1 N–H and O–H groups in total. The lowest BCUT2D eigenvalue weighted by atomic mass is 10.3. The van der Waals surface area contributed by atoms with Crippen LogP contribution in [-0.2, 0) is 0 Å². The number of hydrogen-bond donors (Lipinski definition) is 1. The molecule has 72 valence electrons. The van der Waals surface area contributed by atoms with Crippen LogP contribution in [0.3, 0.4) is 0 Å². The third kappa shape index (κ3) is 1.70. The van der Waals surface area contributed by atoms with Crippen molar-refractivity contribution >= 4 is 0 Å². The van der Waals surface area contributed by atoms with Crippen LogP contribution in [0, 0.1) is 0 Å². The minimum absolute atomic E-state index is 0.251. The van der Waals surface area contributed by atoms with Crippen LogP contribution < -0.4 is 5.32 Å². The summed E-state index contributed by atoms with van der Waals surface area (Å²) in [6.45, 7) is 5.12. The summed E-state index contributed by atoms with van der Waals surface area (Å²) in [6, 6.07) is 0.812.